The number of likely N-dealkylation sites (N-methyl/N-ethyl adjacent to an activating group) is 1. The molecule has 29 heavy (non-hydrogen) atoms. The highest BCUT2D eigenvalue weighted by Crippen LogP contribution is 2.28. The van der Waals surface area contributed by atoms with Gasteiger partial charge in [0, 0.05) is 31.0 Å². The van der Waals surface area contributed by atoms with Crippen molar-refractivity contribution < 1.29 is 18.7 Å². The highest BCUT2D eigenvalue weighted by molar-refractivity contribution is 9.10. The SMILES string of the molecule is CCN(CC(=O)Nc1ccc(N2CCOCC2)cc1)C(=O)c1c(C)oc(C)c1Br. The lowest BCUT2D eigenvalue weighted by Gasteiger charge is -2.29. The van der Waals surface area contributed by atoms with E-state index in [1.807, 2.05) is 31.2 Å². The molecule has 0 unspecified atom stereocenters. The monoisotopic (exact) mass is 463 g/mol. The number of morpholine rings is 1. The Balaban J connectivity index is 1.62. The second-order valence-corrected chi connectivity index (χ2v) is 7.71. The molecule has 1 N–H and O–H groups in total. The summed E-state index contributed by atoms with van der Waals surface area (Å²) in [6, 6.07) is 7.72. The fraction of sp³-hybridized carbons (Fsp3) is 0.429. The number of furan rings is 1. The minimum Gasteiger partial charge on any atom is -0.465 e. The summed E-state index contributed by atoms with van der Waals surface area (Å²) in [5.41, 5.74) is 2.27. The number of nitrogens with one attached hydrogen (secondary N) is 1. The predicted molar refractivity (Wildman–Crippen MR) is 116 cm³/mol. The number of carbonyl (C=O) groups excluding carboxylic acids is 2. The molecule has 156 valence electrons. The van der Waals surface area contributed by atoms with Crippen molar-refractivity contribution in [2.24, 2.45) is 0 Å². The zero-order chi connectivity index (χ0) is 21.0. The minimum absolute atomic E-state index is 0.0311. The van der Waals surface area contributed by atoms with Gasteiger partial charge in [0.15, 0.2) is 0 Å². The van der Waals surface area contributed by atoms with Gasteiger partial charge in [-0.15, -0.1) is 0 Å². The molecular weight excluding hydrogens is 438 g/mol. The zero-order valence-corrected chi connectivity index (χ0v) is 18.5. The van der Waals surface area contributed by atoms with Gasteiger partial charge in [0.25, 0.3) is 5.91 Å². The van der Waals surface area contributed by atoms with E-state index in [0.29, 0.717) is 33.8 Å². The number of ether oxygens (including phenoxy) is 1. The Morgan fingerprint density at radius 3 is 2.34 bits per heavy atom. The van der Waals surface area contributed by atoms with Crippen molar-refractivity contribution in [1.29, 1.82) is 0 Å². The van der Waals surface area contributed by atoms with Crippen LogP contribution in [0, 0.1) is 13.8 Å². The Labute approximate surface area is 179 Å². The molecule has 0 radical (unpaired) electrons. The first-order valence-corrected chi connectivity index (χ1v) is 10.5. The van der Waals surface area contributed by atoms with Crippen molar-refractivity contribution in [3.05, 3.63) is 45.8 Å². The lowest BCUT2D eigenvalue weighted by atomic mass is 10.2. The molecule has 0 atom stereocenters. The summed E-state index contributed by atoms with van der Waals surface area (Å²) in [5.74, 6) is 0.712. The molecule has 1 aromatic heterocycles. The minimum atomic E-state index is -0.242. The van der Waals surface area contributed by atoms with Crippen LogP contribution in [0.4, 0.5) is 11.4 Å². The summed E-state index contributed by atoms with van der Waals surface area (Å²) in [6.45, 7) is 8.94. The second kappa shape index (κ2) is 9.45. The van der Waals surface area contributed by atoms with Gasteiger partial charge >= 0.3 is 0 Å². The summed E-state index contributed by atoms with van der Waals surface area (Å²) in [6.07, 6.45) is 0. The van der Waals surface area contributed by atoms with Gasteiger partial charge in [-0.3, -0.25) is 9.59 Å². The first kappa shape index (κ1) is 21.4. The zero-order valence-electron chi connectivity index (χ0n) is 17.0. The highest BCUT2D eigenvalue weighted by Gasteiger charge is 2.25. The van der Waals surface area contributed by atoms with Crippen LogP contribution in [0.2, 0.25) is 0 Å². The normalized spacial score (nSPS) is 14.0. The number of carbonyl (C=O) groups is 2. The highest BCUT2D eigenvalue weighted by atomic mass is 79.9. The summed E-state index contributed by atoms with van der Waals surface area (Å²) in [7, 11) is 0. The van der Waals surface area contributed by atoms with Gasteiger partial charge in [-0.05, 0) is 61.0 Å². The molecule has 0 saturated carbocycles. The van der Waals surface area contributed by atoms with E-state index in [0.717, 1.165) is 32.0 Å². The molecule has 8 heteroatoms. The molecular formula is C21H26BrN3O4. The number of halogens is 1. The maximum atomic E-state index is 12.9. The number of aryl methyl sites for hydroxylation is 2. The van der Waals surface area contributed by atoms with E-state index in [1.165, 1.54) is 4.90 Å². The van der Waals surface area contributed by atoms with E-state index in [1.54, 1.807) is 13.8 Å². The molecule has 1 aliphatic heterocycles. The van der Waals surface area contributed by atoms with Crippen LogP contribution in [0.15, 0.2) is 33.2 Å². The van der Waals surface area contributed by atoms with Gasteiger partial charge in [0.1, 0.15) is 18.1 Å². The Hall–Kier alpha value is -2.32. The average molecular weight is 464 g/mol. The number of benzene rings is 1. The Morgan fingerprint density at radius 1 is 1.14 bits per heavy atom. The van der Waals surface area contributed by atoms with Crippen molar-refractivity contribution in [2.75, 3.05) is 49.6 Å². The maximum Gasteiger partial charge on any atom is 0.259 e. The van der Waals surface area contributed by atoms with E-state index < -0.39 is 0 Å². The first-order valence-electron chi connectivity index (χ1n) is 9.68. The van der Waals surface area contributed by atoms with Gasteiger partial charge in [0.05, 0.1) is 23.2 Å². The van der Waals surface area contributed by atoms with Gasteiger partial charge in [0.2, 0.25) is 5.91 Å². The number of hydrogen-bond acceptors (Lipinski definition) is 5. The first-order chi connectivity index (χ1) is 13.9. The molecule has 2 heterocycles. The van der Waals surface area contributed by atoms with Crippen molar-refractivity contribution in [2.45, 2.75) is 20.8 Å². The third kappa shape index (κ3) is 5.00. The Bertz CT molecular complexity index is 873. The molecule has 1 aliphatic rings. The molecule has 7 nitrogen and oxygen atoms in total. The number of hydrogen-bond donors (Lipinski definition) is 1. The van der Waals surface area contributed by atoms with Crippen molar-refractivity contribution in [1.82, 2.24) is 4.90 Å². The van der Waals surface area contributed by atoms with E-state index in [4.69, 9.17) is 9.15 Å². The molecule has 2 aromatic rings. The van der Waals surface area contributed by atoms with Crippen LogP contribution < -0.4 is 10.2 Å². The number of anilines is 2. The molecule has 3 rings (SSSR count). The van der Waals surface area contributed by atoms with E-state index in [9.17, 15) is 9.59 Å². The molecule has 2 amide bonds. The third-order valence-corrected chi connectivity index (χ3v) is 5.89. The van der Waals surface area contributed by atoms with Crippen LogP contribution in [0.3, 0.4) is 0 Å². The Morgan fingerprint density at radius 2 is 1.79 bits per heavy atom. The third-order valence-electron chi connectivity index (χ3n) is 4.93. The molecule has 0 spiro atoms. The standard InChI is InChI=1S/C21H26BrN3O4/c1-4-24(21(27)19-14(2)29-15(3)20(19)22)13-18(26)23-16-5-7-17(8-6-16)25-9-11-28-12-10-25/h5-8H,4,9-13H2,1-3H3,(H,23,26). The van der Waals surface area contributed by atoms with Crippen molar-refractivity contribution in [3.8, 4) is 0 Å². The molecule has 0 aliphatic carbocycles. The van der Waals surface area contributed by atoms with E-state index >= 15 is 0 Å². The summed E-state index contributed by atoms with van der Waals surface area (Å²) in [5, 5.41) is 2.87. The number of rotatable bonds is 6. The van der Waals surface area contributed by atoms with Crippen molar-refractivity contribution in [3.63, 3.8) is 0 Å². The van der Waals surface area contributed by atoms with E-state index in [2.05, 4.69) is 26.1 Å². The number of nitrogens with zero attached hydrogens (tertiary/aromatic N) is 2. The summed E-state index contributed by atoms with van der Waals surface area (Å²) >= 11 is 3.41. The largest absolute Gasteiger partial charge is 0.465 e. The van der Waals surface area contributed by atoms with Crippen LogP contribution >= 0.6 is 15.9 Å². The molecule has 1 saturated heterocycles. The lowest BCUT2D eigenvalue weighted by Crippen LogP contribution is -2.38. The molecule has 1 fully saturated rings. The van der Waals surface area contributed by atoms with Crippen LogP contribution in [0.1, 0.15) is 28.8 Å². The molecule has 0 bridgehead atoms. The fourth-order valence-electron chi connectivity index (χ4n) is 3.34. The maximum absolute atomic E-state index is 12.9. The van der Waals surface area contributed by atoms with E-state index in [-0.39, 0.29) is 18.4 Å². The van der Waals surface area contributed by atoms with Crippen LogP contribution in [-0.4, -0.2) is 56.1 Å². The predicted octanol–water partition coefficient (Wildman–Crippen LogP) is 3.60. The summed E-state index contributed by atoms with van der Waals surface area (Å²) < 4.78 is 11.5. The van der Waals surface area contributed by atoms with Crippen LogP contribution in [-0.2, 0) is 9.53 Å². The lowest BCUT2D eigenvalue weighted by molar-refractivity contribution is -0.116. The van der Waals surface area contributed by atoms with Gasteiger partial charge in [-0.2, -0.15) is 0 Å². The van der Waals surface area contributed by atoms with Gasteiger partial charge in [-0.25, -0.2) is 0 Å². The average Bonchev–Trinajstić information content (AvgIpc) is 2.98. The van der Waals surface area contributed by atoms with Crippen LogP contribution in [0.25, 0.3) is 0 Å². The number of amides is 2. The van der Waals surface area contributed by atoms with Crippen LogP contribution in [0.5, 0.6) is 0 Å². The quantitative estimate of drug-likeness (QED) is 0.708. The smallest absolute Gasteiger partial charge is 0.259 e. The topological polar surface area (TPSA) is 75.0 Å². The van der Waals surface area contributed by atoms with Gasteiger partial charge < -0.3 is 24.3 Å². The summed E-state index contributed by atoms with van der Waals surface area (Å²) in [4.78, 5) is 29.1. The Kier molecular flexibility index (Phi) is 6.97. The van der Waals surface area contributed by atoms with Crippen molar-refractivity contribution >= 4 is 39.1 Å². The second-order valence-electron chi connectivity index (χ2n) is 6.92. The van der Waals surface area contributed by atoms with Gasteiger partial charge in [-0.1, -0.05) is 0 Å². The molecule has 1 aromatic carbocycles. The fourth-order valence-corrected chi connectivity index (χ4v) is 3.87.